The summed E-state index contributed by atoms with van der Waals surface area (Å²) in [4.78, 5) is 22.5. The molecule has 104 valence electrons. The summed E-state index contributed by atoms with van der Waals surface area (Å²) in [7, 11) is 1.49. The van der Waals surface area contributed by atoms with Gasteiger partial charge in [-0.2, -0.15) is 0 Å². The maximum absolute atomic E-state index is 11.4. The first-order valence-electron chi connectivity index (χ1n) is 5.92. The Kier molecular flexibility index (Phi) is 5.17. The van der Waals surface area contributed by atoms with Crippen LogP contribution in [0.3, 0.4) is 0 Å². The minimum absolute atomic E-state index is 0.307. The van der Waals surface area contributed by atoms with Crippen LogP contribution in [0.5, 0.6) is 5.75 Å². The molecule has 1 aromatic rings. The van der Waals surface area contributed by atoms with Gasteiger partial charge in [0.15, 0.2) is 0 Å². The molecule has 0 aliphatic rings. The summed E-state index contributed by atoms with van der Waals surface area (Å²) in [6, 6.07) is 3.41. The van der Waals surface area contributed by atoms with Crippen LogP contribution in [0.4, 0.5) is 15.3 Å². The molecule has 0 saturated heterocycles. The second kappa shape index (κ2) is 6.63. The first-order chi connectivity index (χ1) is 8.97. The topological polar surface area (TPSA) is 76.7 Å². The summed E-state index contributed by atoms with van der Waals surface area (Å²) < 4.78 is 9.90. The number of hydrogen-bond donors (Lipinski definition) is 2. The van der Waals surface area contributed by atoms with Crippen LogP contribution in [0.15, 0.2) is 12.1 Å². The summed E-state index contributed by atoms with van der Waals surface area (Å²) >= 11 is 0. The number of anilines is 1. The van der Waals surface area contributed by atoms with Gasteiger partial charge in [0, 0.05) is 12.7 Å². The average molecular weight is 266 g/mol. The van der Waals surface area contributed by atoms with E-state index in [0.29, 0.717) is 18.0 Å². The molecule has 2 N–H and O–H groups in total. The van der Waals surface area contributed by atoms with Crippen LogP contribution < -0.4 is 15.4 Å². The second-order valence-electron chi connectivity index (χ2n) is 3.92. The average Bonchev–Trinajstić information content (AvgIpc) is 2.35. The van der Waals surface area contributed by atoms with E-state index in [4.69, 9.17) is 9.47 Å². The van der Waals surface area contributed by atoms with Crippen molar-refractivity contribution in [1.82, 2.24) is 5.32 Å². The van der Waals surface area contributed by atoms with E-state index in [9.17, 15) is 9.59 Å². The Morgan fingerprint density at radius 1 is 1.16 bits per heavy atom. The molecule has 0 aliphatic carbocycles. The molecule has 0 heterocycles. The quantitative estimate of drug-likeness (QED) is 0.881. The highest BCUT2D eigenvalue weighted by Crippen LogP contribution is 2.26. The lowest BCUT2D eigenvalue weighted by atomic mass is 10.1. The van der Waals surface area contributed by atoms with Crippen molar-refractivity contribution in [3.05, 3.63) is 23.3 Å². The minimum Gasteiger partial charge on any atom is -0.450 e. The summed E-state index contributed by atoms with van der Waals surface area (Å²) in [6.07, 6.45) is -1.04. The zero-order valence-electron chi connectivity index (χ0n) is 11.5. The Morgan fingerprint density at radius 2 is 1.84 bits per heavy atom. The number of carbonyl (C=O) groups excluding carboxylic acids is 2. The predicted octanol–water partition coefficient (Wildman–Crippen LogP) is 2.59. The van der Waals surface area contributed by atoms with Gasteiger partial charge >= 0.3 is 12.2 Å². The molecule has 0 aromatic heterocycles. The van der Waals surface area contributed by atoms with E-state index in [-0.39, 0.29) is 0 Å². The van der Waals surface area contributed by atoms with Gasteiger partial charge in [-0.25, -0.2) is 9.59 Å². The lowest BCUT2D eigenvalue weighted by Gasteiger charge is -2.13. The lowest BCUT2D eigenvalue weighted by Crippen LogP contribution is -2.22. The molecule has 0 unspecified atom stereocenters. The van der Waals surface area contributed by atoms with Crippen molar-refractivity contribution in [1.29, 1.82) is 0 Å². The zero-order chi connectivity index (χ0) is 14.4. The molecule has 0 atom stereocenters. The molecule has 0 radical (unpaired) electrons. The van der Waals surface area contributed by atoms with E-state index in [0.717, 1.165) is 11.1 Å². The summed E-state index contributed by atoms with van der Waals surface area (Å²) in [5, 5.41) is 5.00. The third-order valence-electron chi connectivity index (χ3n) is 2.44. The van der Waals surface area contributed by atoms with Gasteiger partial charge in [-0.05, 0) is 44.0 Å². The van der Waals surface area contributed by atoms with Crippen molar-refractivity contribution in [2.75, 3.05) is 19.0 Å². The molecule has 6 nitrogen and oxygen atoms in total. The summed E-state index contributed by atoms with van der Waals surface area (Å²) in [5.74, 6) is 0.450. The number of carbonyl (C=O) groups is 2. The van der Waals surface area contributed by atoms with Gasteiger partial charge in [0.1, 0.15) is 5.75 Å². The van der Waals surface area contributed by atoms with Gasteiger partial charge in [0.2, 0.25) is 0 Å². The molecule has 1 aromatic carbocycles. The van der Waals surface area contributed by atoms with Crippen LogP contribution in [0.2, 0.25) is 0 Å². The molecule has 0 bridgehead atoms. The second-order valence-corrected chi connectivity index (χ2v) is 3.92. The molecule has 0 aliphatic heterocycles. The normalized spacial score (nSPS) is 9.68. The van der Waals surface area contributed by atoms with Crippen LogP contribution in [-0.4, -0.2) is 25.8 Å². The number of nitrogens with one attached hydrogen (secondary N) is 2. The van der Waals surface area contributed by atoms with E-state index in [1.165, 1.54) is 7.05 Å². The molecule has 0 spiro atoms. The summed E-state index contributed by atoms with van der Waals surface area (Å²) in [6.45, 7) is 5.63. The Morgan fingerprint density at radius 3 is 2.42 bits per heavy atom. The largest absolute Gasteiger partial charge is 0.450 e. The van der Waals surface area contributed by atoms with E-state index in [1.54, 1.807) is 32.9 Å². The Hall–Kier alpha value is -2.24. The van der Waals surface area contributed by atoms with E-state index in [2.05, 4.69) is 10.6 Å². The Labute approximate surface area is 112 Å². The van der Waals surface area contributed by atoms with Crippen molar-refractivity contribution in [3.63, 3.8) is 0 Å². The van der Waals surface area contributed by atoms with Crippen molar-refractivity contribution < 1.29 is 19.1 Å². The number of amides is 2. The monoisotopic (exact) mass is 266 g/mol. The highest BCUT2D eigenvalue weighted by atomic mass is 16.6. The molecule has 2 amide bonds. The van der Waals surface area contributed by atoms with Crippen molar-refractivity contribution in [2.24, 2.45) is 0 Å². The van der Waals surface area contributed by atoms with Gasteiger partial charge in [0.25, 0.3) is 0 Å². The Balaban J connectivity index is 2.90. The van der Waals surface area contributed by atoms with E-state index < -0.39 is 12.2 Å². The third kappa shape index (κ3) is 4.17. The van der Waals surface area contributed by atoms with E-state index in [1.807, 2.05) is 0 Å². The maximum Gasteiger partial charge on any atom is 0.412 e. The SMILES string of the molecule is CCOC(=O)Nc1cc(C)c(OC(=O)NC)cc1C. The van der Waals surface area contributed by atoms with Crippen LogP contribution in [0, 0.1) is 13.8 Å². The number of rotatable bonds is 3. The number of aryl methyl sites for hydroxylation is 2. The smallest absolute Gasteiger partial charge is 0.412 e. The van der Waals surface area contributed by atoms with Crippen LogP contribution in [0.25, 0.3) is 0 Å². The van der Waals surface area contributed by atoms with Gasteiger partial charge in [-0.3, -0.25) is 5.32 Å². The molecular formula is C13H18N2O4. The van der Waals surface area contributed by atoms with Gasteiger partial charge < -0.3 is 14.8 Å². The zero-order valence-corrected chi connectivity index (χ0v) is 11.5. The van der Waals surface area contributed by atoms with Crippen LogP contribution in [0.1, 0.15) is 18.1 Å². The molecule has 0 fully saturated rings. The van der Waals surface area contributed by atoms with Gasteiger partial charge in [-0.15, -0.1) is 0 Å². The van der Waals surface area contributed by atoms with Crippen molar-refractivity contribution in [2.45, 2.75) is 20.8 Å². The molecular weight excluding hydrogens is 248 g/mol. The summed E-state index contributed by atoms with van der Waals surface area (Å²) in [5.41, 5.74) is 2.14. The fraction of sp³-hybridized carbons (Fsp3) is 0.385. The van der Waals surface area contributed by atoms with Gasteiger partial charge in [-0.1, -0.05) is 0 Å². The minimum atomic E-state index is -0.534. The first kappa shape index (κ1) is 14.8. The highest BCUT2D eigenvalue weighted by molar-refractivity contribution is 5.86. The molecule has 6 heteroatoms. The fourth-order valence-electron chi connectivity index (χ4n) is 1.46. The van der Waals surface area contributed by atoms with Crippen LogP contribution in [-0.2, 0) is 4.74 Å². The Bertz CT molecular complexity index is 486. The van der Waals surface area contributed by atoms with Crippen LogP contribution >= 0.6 is 0 Å². The van der Waals surface area contributed by atoms with Crippen molar-refractivity contribution >= 4 is 17.9 Å². The maximum atomic E-state index is 11.4. The molecule has 0 saturated carbocycles. The van der Waals surface area contributed by atoms with E-state index >= 15 is 0 Å². The predicted molar refractivity (Wildman–Crippen MR) is 71.6 cm³/mol. The molecule has 1 rings (SSSR count). The number of hydrogen-bond acceptors (Lipinski definition) is 4. The number of ether oxygens (including phenoxy) is 2. The third-order valence-corrected chi connectivity index (χ3v) is 2.44. The van der Waals surface area contributed by atoms with Gasteiger partial charge in [0.05, 0.1) is 6.61 Å². The lowest BCUT2D eigenvalue weighted by molar-refractivity contribution is 0.168. The van der Waals surface area contributed by atoms with Crippen molar-refractivity contribution in [3.8, 4) is 5.75 Å². The first-order valence-corrected chi connectivity index (χ1v) is 5.92. The fourth-order valence-corrected chi connectivity index (χ4v) is 1.46. The number of benzene rings is 1. The highest BCUT2D eigenvalue weighted by Gasteiger charge is 2.11. The molecule has 19 heavy (non-hydrogen) atoms. The standard InChI is InChI=1S/C13H18N2O4/c1-5-18-13(17)15-10-6-9(3)11(7-8(10)2)19-12(16)14-4/h6-7H,5H2,1-4H3,(H,14,16)(H,15,17).